The summed E-state index contributed by atoms with van der Waals surface area (Å²) >= 11 is 0. The normalized spacial score (nSPS) is 12.7. The molecule has 4 nitrogen and oxygen atoms in total. The van der Waals surface area contributed by atoms with Gasteiger partial charge in [0.15, 0.2) is 0 Å². The van der Waals surface area contributed by atoms with Crippen molar-refractivity contribution in [1.82, 2.24) is 4.72 Å². The van der Waals surface area contributed by atoms with E-state index in [1.165, 1.54) is 0 Å². The molecule has 1 rings (SSSR count). The van der Waals surface area contributed by atoms with E-state index >= 15 is 0 Å². The molecule has 0 radical (unpaired) electrons. The van der Waals surface area contributed by atoms with Gasteiger partial charge in [-0.25, -0.2) is 13.1 Å². The third-order valence-electron chi connectivity index (χ3n) is 2.34. The van der Waals surface area contributed by atoms with Gasteiger partial charge in [0.25, 0.3) is 0 Å². The average molecular weight is 264 g/mol. The number of benzene rings is 1. The van der Waals surface area contributed by atoms with Gasteiger partial charge in [-0.2, -0.15) is 5.26 Å². The summed E-state index contributed by atoms with van der Waals surface area (Å²) in [6.07, 6.45) is 2.27. The number of nitriles is 1. The van der Waals surface area contributed by atoms with E-state index in [0.29, 0.717) is 17.5 Å². The molecule has 1 atom stereocenters. The second-order valence-corrected chi connectivity index (χ2v) is 5.86. The molecule has 0 aliphatic carbocycles. The molecule has 0 heterocycles. The molecule has 1 aromatic carbocycles. The molecule has 0 aromatic heterocycles. The summed E-state index contributed by atoms with van der Waals surface area (Å²) in [7, 11) is -3.36. The van der Waals surface area contributed by atoms with E-state index in [4.69, 9.17) is 5.26 Å². The van der Waals surface area contributed by atoms with Crippen LogP contribution in [0.4, 0.5) is 0 Å². The van der Waals surface area contributed by atoms with E-state index in [1.807, 2.05) is 6.07 Å². The Bertz CT molecular complexity index is 541. The van der Waals surface area contributed by atoms with Crippen molar-refractivity contribution in [1.29, 1.82) is 5.26 Å². The number of sulfonamides is 1. The predicted octanol–water partition coefficient (Wildman–Crippen LogP) is 1.94. The highest BCUT2D eigenvalue weighted by Gasteiger charge is 2.14. The third-order valence-corrected chi connectivity index (χ3v) is 3.82. The first kappa shape index (κ1) is 14.4. The van der Waals surface area contributed by atoms with Crippen LogP contribution in [0.2, 0.25) is 0 Å². The van der Waals surface area contributed by atoms with Crippen molar-refractivity contribution in [3.8, 4) is 6.07 Å². The second kappa shape index (κ2) is 6.34. The van der Waals surface area contributed by atoms with Crippen LogP contribution in [0, 0.1) is 11.3 Å². The molecule has 0 aliphatic heterocycles. The van der Waals surface area contributed by atoms with Gasteiger partial charge in [-0.15, -0.1) is 6.58 Å². The number of nitrogens with zero attached hydrogens (tertiary/aromatic N) is 1. The van der Waals surface area contributed by atoms with Crippen LogP contribution in [0.25, 0.3) is 0 Å². The van der Waals surface area contributed by atoms with Crippen LogP contribution < -0.4 is 4.72 Å². The van der Waals surface area contributed by atoms with Crippen molar-refractivity contribution < 1.29 is 8.42 Å². The molecule has 0 spiro atoms. The Morgan fingerprint density at radius 2 is 2.06 bits per heavy atom. The van der Waals surface area contributed by atoms with Gasteiger partial charge in [-0.05, 0) is 31.0 Å². The lowest BCUT2D eigenvalue weighted by Crippen LogP contribution is -2.33. The van der Waals surface area contributed by atoms with Crippen LogP contribution in [0.15, 0.2) is 36.9 Å². The van der Waals surface area contributed by atoms with E-state index in [2.05, 4.69) is 11.3 Å². The zero-order valence-electron chi connectivity index (χ0n) is 10.3. The van der Waals surface area contributed by atoms with E-state index in [-0.39, 0.29) is 11.8 Å². The zero-order chi connectivity index (χ0) is 13.6. The monoisotopic (exact) mass is 264 g/mol. The number of rotatable bonds is 6. The Morgan fingerprint density at radius 3 is 2.56 bits per heavy atom. The molecule has 1 unspecified atom stereocenters. The minimum Gasteiger partial charge on any atom is -0.212 e. The average Bonchev–Trinajstić information content (AvgIpc) is 2.29. The summed E-state index contributed by atoms with van der Waals surface area (Å²) in [5.41, 5.74) is 1.18. The molecule has 0 saturated carbocycles. The van der Waals surface area contributed by atoms with E-state index in [1.54, 1.807) is 37.3 Å². The Kier molecular flexibility index (Phi) is 5.08. The highest BCUT2D eigenvalue weighted by molar-refractivity contribution is 7.88. The lowest BCUT2D eigenvalue weighted by molar-refractivity contribution is 0.561. The first-order valence-electron chi connectivity index (χ1n) is 5.57. The number of hydrogen-bond donors (Lipinski definition) is 1. The second-order valence-electron chi connectivity index (χ2n) is 4.11. The molecule has 0 saturated heterocycles. The molecular formula is C13H16N2O2S. The van der Waals surface area contributed by atoms with Crippen LogP contribution in [-0.4, -0.2) is 14.5 Å². The van der Waals surface area contributed by atoms with Crippen molar-refractivity contribution in [2.45, 2.75) is 25.1 Å². The lowest BCUT2D eigenvalue weighted by atomic mass is 10.2. The zero-order valence-corrected chi connectivity index (χ0v) is 11.1. The molecule has 5 heteroatoms. The van der Waals surface area contributed by atoms with Gasteiger partial charge >= 0.3 is 0 Å². The van der Waals surface area contributed by atoms with Gasteiger partial charge in [0.1, 0.15) is 0 Å². The summed E-state index contributed by atoms with van der Waals surface area (Å²) < 4.78 is 26.2. The molecule has 96 valence electrons. The standard InChI is InChI=1S/C13H16N2O2S/c1-3-4-11(2)15-18(16,17)10-13-7-5-12(9-14)6-8-13/h3,5-8,11,15H,1,4,10H2,2H3. The molecule has 18 heavy (non-hydrogen) atoms. The van der Waals surface area contributed by atoms with Crippen molar-refractivity contribution >= 4 is 10.0 Å². The first-order valence-corrected chi connectivity index (χ1v) is 7.22. The fraction of sp³-hybridized carbons (Fsp3) is 0.308. The Balaban J connectivity index is 2.70. The van der Waals surface area contributed by atoms with Crippen LogP contribution in [0.3, 0.4) is 0 Å². The molecule has 0 bridgehead atoms. The predicted molar refractivity (Wildman–Crippen MR) is 71.2 cm³/mol. The summed E-state index contributed by atoms with van der Waals surface area (Å²) in [6.45, 7) is 5.36. The fourth-order valence-electron chi connectivity index (χ4n) is 1.54. The van der Waals surface area contributed by atoms with Gasteiger partial charge in [0.05, 0.1) is 17.4 Å². The molecule has 0 fully saturated rings. The lowest BCUT2D eigenvalue weighted by Gasteiger charge is -2.12. The molecule has 0 amide bonds. The maximum atomic E-state index is 11.8. The number of hydrogen-bond acceptors (Lipinski definition) is 3. The SMILES string of the molecule is C=CCC(C)NS(=O)(=O)Cc1ccc(C#N)cc1. The third kappa shape index (κ3) is 4.70. The van der Waals surface area contributed by atoms with Crippen LogP contribution in [0.5, 0.6) is 0 Å². The van der Waals surface area contributed by atoms with Gasteiger partial charge in [0, 0.05) is 6.04 Å². The highest BCUT2D eigenvalue weighted by Crippen LogP contribution is 2.08. The Morgan fingerprint density at radius 1 is 1.44 bits per heavy atom. The highest BCUT2D eigenvalue weighted by atomic mass is 32.2. The maximum absolute atomic E-state index is 11.8. The van der Waals surface area contributed by atoms with E-state index in [9.17, 15) is 8.42 Å². The van der Waals surface area contributed by atoms with Crippen molar-refractivity contribution in [3.05, 3.63) is 48.0 Å². The van der Waals surface area contributed by atoms with Crippen molar-refractivity contribution in [3.63, 3.8) is 0 Å². The van der Waals surface area contributed by atoms with Gasteiger partial charge in [-0.3, -0.25) is 0 Å². The first-order chi connectivity index (χ1) is 8.46. The van der Waals surface area contributed by atoms with Gasteiger partial charge < -0.3 is 0 Å². The van der Waals surface area contributed by atoms with Crippen LogP contribution >= 0.6 is 0 Å². The van der Waals surface area contributed by atoms with Gasteiger partial charge in [-0.1, -0.05) is 18.2 Å². The number of nitrogens with one attached hydrogen (secondary N) is 1. The molecular weight excluding hydrogens is 248 g/mol. The molecule has 1 N–H and O–H groups in total. The molecule has 0 aliphatic rings. The quantitative estimate of drug-likeness (QED) is 0.798. The summed E-state index contributed by atoms with van der Waals surface area (Å²) in [5, 5.41) is 8.65. The summed E-state index contributed by atoms with van der Waals surface area (Å²) in [4.78, 5) is 0. The Hall–Kier alpha value is -1.64. The molecule has 1 aromatic rings. The smallest absolute Gasteiger partial charge is 0.212 e. The fourth-order valence-corrected chi connectivity index (χ4v) is 2.97. The topological polar surface area (TPSA) is 70.0 Å². The Labute approximate surface area is 108 Å². The van der Waals surface area contributed by atoms with Gasteiger partial charge in [0.2, 0.25) is 10.0 Å². The summed E-state index contributed by atoms with van der Waals surface area (Å²) in [6, 6.07) is 8.34. The van der Waals surface area contributed by atoms with Crippen LogP contribution in [-0.2, 0) is 15.8 Å². The van der Waals surface area contributed by atoms with Crippen molar-refractivity contribution in [2.75, 3.05) is 0 Å². The van der Waals surface area contributed by atoms with E-state index < -0.39 is 10.0 Å². The van der Waals surface area contributed by atoms with E-state index in [0.717, 1.165) is 0 Å². The largest absolute Gasteiger partial charge is 0.216 e. The minimum absolute atomic E-state index is 0.0831. The van der Waals surface area contributed by atoms with Crippen molar-refractivity contribution in [2.24, 2.45) is 0 Å². The maximum Gasteiger partial charge on any atom is 0.216 e. The summed E-state index contributed by atoms with van der Waals surface area (Å²) in [5.74, 6) is -0.0831. The minimum atomic E-state index is -3.36. The van der Waals surface area contributed by atoms with Crippen LogP contribution in [0.1, 0.15) is 24.5 Å².